The average Bonchev–Trinajstić information content (AvgIpc) is 2.92. The monoisotopic (exact) mass is 299 g/mol. The molecule has 1 saturated heterocycles. The normalized spacial score (nSPS) is 19.8. The van der Waals surface area contributed by atoms with E-state index in [0.717, 1.165) is 30.2 Å². The van der Waals surface area contributed by atoms with Crippen molar-refractivity contribution in [3.63, 3.8) is 0 Å². The number of rotatable bonds is 6. The van der Waals surface area contributed by atoms with Crippen molar-refractivity contribution in [2.24, 2.45) is 0 Å². The second kappa shape index (κ2) is 7.51. The van der Waals surface area contributed by atoms with Crippen LogP contribution >= 0.6 is 11.5 Å². The summed E-state index contributed by atoms with van der Waals surface area (Å²) in [7, 11) is 1.65. The fourth-order valence-corrected chi connectivity index (χ4v) is 2.71. The van der Waals surface area contributed by atoms with Gasteiger partial charge in [0.15, 0.2) is 0 Å². The van der Waals surface area contributed by atoms with Crippen LogP contribution in [0.2, 0.25) is 0 Å². The Morgan fingerprint density at radius 3 is 3.20 bits per heavy atom. The summed E-state index contributed by atoms with van der Waals surface area (Å²) in [6.45, 7) is 5.42. The van der Waals surface area contributed by atoms with Crippen LogP contribution in [0.5, 0.6) is 0 Å². The van der Waals surface area contributed by atoms with Crippen LogP contribution in [0.4, 0.5) is 5.00 Å². The van der Waals surface area contributed by atoms with E-state index >= 15 is 0 Å². The lowest BCUT2D eigenvalue weighted by atomic mass is 10.2. The van der Waals surface area contributed by atoms with Crippen LogP contribution in [0.3, 0.4) is 0 Å². The number of hydrogen-bond acceptors (Lipinski definition) is 7. The zero-order valence-electron chi connectivity index (χ0n) is 11.9. The summed E-state index contributed by atoms with van der Waals surface area (Å²) < 4.78 is 9.40. The first kappa shape index (κ1) is 15.1. The SMILES string of the molecule is CCCNc1snnc1CN1CCOCC1C(=O)NC. The summed E-state index contributed by atoms with van der Waals surface area (Å²) in [5, 5.41) is 11.2. The summed E-state index contributed by atoms with van der Waals surface area (Å²) in [4.78, 5) is 14.0. The summed E-state index contributed by atoms with van der Waals surface area (Å²) in [6.07, 6.45) is 1.05. The van der Waals surface area contributed by atoms with Crippen molar-refractivity contribution < 1.29 is 9.53 Å². The number of carbonyl (C=O) groups excluding carboxylic acids is 1. The molecule has 1 unspecified atom stereocenters. The first-order valence-electron chi connectivity index (χ1n) is 6.84. The highest BCUT2D eigenvalue weighted by Crippen LogP contribution is 2.21. The van der Waals surface area contributed by atoms with Crippen LogP contribution in [0.25, 0.3) is 0 Å². The van der Waals surface area contributed by atoms with Gasteiger partial charge in [0, 0.05) is 38.2 Å². The lowest BCUT2D eigenvalue weighted by Gasteiger charge is -2.33. The first-order chi connectivity index (χ1) is 9.76. The van der Waals surface area contributed by atoms with Gasteiger partial charge in [-0.2, -0.15) is 0 Å². The van der Waals surface area contributed by atoms with Crippen molar-refractivity contribution in [1.82, 2.24) is 19.8 Å². The molecule has 1 aliphatic rings. The van der Waals surface area contributed by atoms with Gasteiger partial charge < -0.3 is 15.4 Å². The second-order valence-electron chi connectivity index (χ2n) is 4.65. The number of anilines is 1. The summed E-state index contributed by atoms with van der Waals surface area (Å²) in [5.41, 5.74) is 0.902. The van der Waals surface area contributed by atoms with Crippen LogP contribution in [-0.2, 0) is 16.1 Å². The Morgan fingerprint density at radius 2 is 2.45 bits per heavy atom. The molecule has 0 aliphatic carbocycles. The summed E-state index contributed by atoms with van der Waals surface area (Å²) in [6, 6.07) is -0.255. The van der Waals surface area contributed by atoms with Crippen LogP contribution in [0.15, 0.2) is 0 Å². The number of carbonyl (C=O) groups is 1. The predicted molar refractivity (Wildman–Crippen MR) is 77.8 cm³/mol. The minimum Gasteiger partial charge on any atom is -0.378 e. The molecule has 1 aromatic heterocycles. The number of likely N-dealkylation sites (N-methyl/N-ethyl adjacent to an activating group) is 1. The number of nitrogens with zero attached hydrogens (tertiary/aromatic N) is 3. The topological polar surface area (TPSA) is 79.4 Å². The second-order valence-corrected chi connectivity index (χ2v) is 5.41. The Kier molecular flexibility index (Phi) is 5.69. The smallest absolute Gasteiger partial charge is 0.239 e. The largest absolute Gasteiger partial charge is 0.378 e. The number of amides is 1. The van der Waals surface area contributed by atoms with Crippen molar-refractivity contribution in [3.8, 4) is 0 Å². The molecular formula is C12H21N5O2S. The zero-order chi connectivity index (χ0) is 14.4. The Balaban J connectivity index is 2.03. The lowest BCUT2D eigenvalue weighted by molar-refractivity contribution is -0.132. The standard InChI is InChI=1S/C12H21N5O2S/c1-3-4-14-12-9(15-16-20-12)7-17-5-6-19-8-10(17)11(18)13-2/h10,14H,3-8H2,1-2H3,(H,13,18). The summed E-state index contributed by atoms with van der Waals surface area (Å²) >= 11 is 1.36. The van der Waals surface area contributed by atoms with Crippen molar-refractivity contribution in [2.45, 2.75) is 25.9 Å². The van der Waals surface area contributed by atoms with E-state index < -0.39 is 0 Å². The molecular weight excluding hydrogens is 278 g/mol. The van der Waals surface area contributed by atoms with E-state index in [0.29, 0.717) is 19.8 Å². The third-order valence-corrected chi connectivity index (χ3v) is 3.96. The minimum atomic E-state index is -0.255. The van der Waals surface area contributed by atoms with E-state index in [1.807, 2.05) is 0 Å². The molecule has 2 N–H and O–H groups in total. The molecule has 7 nitrogen and oxygen atoms in total. The third kappa shape index (κ3) is 3.65. The molecule has 0 spiro atoms. The van der Waals surface area contributed by atoms with Gasteiger partial charge in [-0.05, 0) is 6.42 Å². The molecule has 8 heteroatoms. The Bertz CT molecular complexity index is 439. The Labute approximate surface area is 122 Å². The van der Waals surface area contributed by atoms with Gasteiger partial charge in [0.05, 0.1) is 13.2 Å². The van der Waals surface area contributed by atoms with Crippen molar-refractivity contribution in [2.75, 3.05) is 38.7 Å². The first-order valence-corrected chi connectivity index (χ1v) is 7.62. The zero-order valence-corrected chi connectivity index (χ0v) is 12.7. The van der Waals surface area contributed by atoms with Gasteiger partial charge in [-0.25, -0.2) is 0 Å². The fourth-order valence-electron chi connectivity index (χ4n) is 2.11. The Hall–Kier alpha value is -1.25. The lowest BCUT2D eigenvalue weighted by Crippen LogP contribution is -2.52. The van der Waals surface area contributed by atoms with E-state index in [2.05, 4.69) is 32.0 Å². The highest BCUT2D eigenvalue weighted by molar-refractivity contribution is 7.10. The molecule has 0 aromatic carbocycles. The van der Waals surface area contributed by atoms with E-state index in [9.17, 15) is 4.79 Å². The molecule has 0 saturated carbocycles. The van der Waals surface area contributed by atoms with E-state index in [4.69, 9.17) is 4.74 Å². The molecule has 0 bridgehead atoms. The van der Waals surface area contributed by atoms with E-state index in [-0.39, 0.29) is 11.9 Å². The number of morpholine rings is 1. The molecule has 20 heavy (non-hydrogen) atoms. The van der Waals surface area contributed by atoms with Gasteiger partial charge in [-0.15, -0.1) is 5.10 Å². The van der Waals surface area contributed by atoms with E-state index in [1.165, 1.54) is 11.5 Å². The number of hydrogen-bond donors (Lipinski definition) is 2. The van der Waals surface area contributed by atoms with E-state index in [1.54, 1.807) is 7.05 Å². The maximum Gasteiger partial charge on any atom is 0.239 e. The van der Waals surface area contributed by atoms with Crippen LogP contribution in [-0.4, -0.2) is 59.8 Å². The van der Waals surface area contributed by atoms with Gasteiger partial charge in [0.25, 0.3) is 0 Å². The number of nitrogens with one attached hydrogen (secondary N) is 2. The quantitative estimate of drug-likeness (QED) is 0.787. The maximum atomic E-state index is 11.9. The molecule has 0 radical (unpaired) electrons. The molecule has 2 rings (SSSR count). The van der Waals surface area contributed by atoms with Crippen LogP contribution in [0, 0.1) is 0 Å². The molecule has 1 fully saturated rings. The highest BCUT2D eigenvalue weighted by atomic mass is 32.1. The van der Waals surface area contributed by atoms with Gasteiger partial charge >= 0.3 is 0 Å². The summed E-state index contributed by atoms with van der Waals surface area (Å²) in [5.74, 6) is -0.0176. The number of ether oxygens (including phenoxy) is 1. The van der Waals surface area contributed by atoms with Crippen LogP contribution in [0.1, 0.15) is 19.0 Å². The molecule has 1 atom stereocenters. The molecule has 1 aliphatic heterocycles. The average molecular weight is 299 g/mol. The molecule has 1 aromatic rings. The highest BCUT2D eigenvalue weighted by Gasteiger charge is 2.29. The van der Waals surface area contributed by atoms with Gasteiger partial charge in [0.1, 0.15) is 16.7 Å². The van der Waals surface area contributed by atoms with Crippen molar-refractivity contribution in [1.29, 1.82) is 0 Å². The van der Waals surface area contributed by atoms with Gasteiger partial charge in [-0.1, -0.05) is 11.4 Å². The van der Waals surface area contributed by atoms with Gasteiger partial charge in [0.2, 0.25) is 5.91 Å². The minimum absolute atomic E-state index is 0.0176. The molecule has 112 valence electrons. The Morgan fingerprint density at radius 1 is 1.60 bits per heavy atom. The fraction of sp³-hybridized carbons (Fsp3) is 0.750. The van der Waals surface area contributed by atoms with Crippen molar-refractivity contribution in [3.05, 3.63) is 5.69 Å². The predicted octanol–water partition coefficient (Wildman–Crippen LogP) is 0.307. The third-order valence-electron chi connectivity index (χ3n) is 3.23. The maximum absolute atomic E-state index is 11.9. The number of aromatic nitrogens is 2. The van der Waals surface area contributed by atoms with Crippen LogP contribution < -0.4 is 10.6 Å². The van der Waals surface area contributed by atoms with Crippen molar-refractivity contribution >= 4 is 22.4 Å². The molecule has 2 heterocycles. The molecule has 1 amide bonds. The van der Waals surface area contributed by atoms with Gasteiger partial charge in [-0.3, -0.25) is 9.69 Å².